The molecule has 0 aromatic carbocycles. The number of carbonyl (C=O) groups is 1. The van der Waals surface area contributed by atoms with Crippen LogP contribution in [0.25, 0.3) is 0 Å². The summed E-state index contributed by atoms with van der Waals surface area (Å²) in [6.45, 7) is 4.42. The van der Waals surface area contributed by atoms with Gasteiger partial charge in [-0.2, -0.15) is 0 Å². The molecular formula is C27H54O4. The summed E-state index contributed by atoms with van der Waals surface area (Å²) < 4.78 is 10.4. The Balaban J connectivity index is 3.11. The fourth-order valence-corrected chi connectivity index (χ4v) is 4.03. The number of aliphatic hydroxyl groups excluding tert-OH is 1. The molecule has 0 bridgehead atoms. The van der Waals surface area contributed by atoms with Gasteiger partial charge in [-0.05, 0) is 6.42 Å². The zero-order chi connectivity index (χ0) is 22.8. The molecule has 1 unspecified atom stereocenters. The number of hydrogen-bond donors (Lipinski definition) is 1. The van der Waals surface area contributed by atoms with Crippen LogP contribution in [0.1, 0.15) is 142 Å². The molecule has 1 N–H and O–H groups in total. The lowest BCUT2D eigenvalue weighted by molar-refractivity contribution is -0.152. The molecular weight excluding hydrogens is 388 g/mol. The molecule has 0 saturated heterocycles. The van der Waals surface area contributed by atoms with Gasteiger partial charge in [0.25, 0.3) is 0 Å². The number of esters is 1. The number of carbonyl (C=O) groups excluding carboxylic acids is 1. The second-order valence-electron chi connectivity index (χ2n) is 9.21. The second-order valence-corrected chi connectivity index (χ2v) is 9.21. The van der Waals surface area contributed by atoms with Gasteiger partial charge in [0.15, 0.2) is 0 Å². The van der Waals surface area contributed by atoms with Gasteiger partial charge in [0.05, 0.1) is 13.2 Å². The third-order valence-electron chi connectivity index (χ3n) is 5.98. The normalized spacial score (nSPS) is 12.2. The molecule has 0 rings (SSSR count). The van der Waals surface area contributed by atoms with Crippen molar-refractivity contribution in [2.24, 2.45) is 0 Å². The average molecular weight is 443 g/mol. The van der Waals surface area contributed by atoms with E-state index in [0.29, 0.717) is 6.61 Å². The van der Waals surface area contributed by atoms with Crippen LogP contribution in [0.4, 0.5) is 0 Å². The van der Waals surface area contributed by atoms with Crippen LogP contribution in [0.15, 0.2) is 0 Å². The van der Waals surface area contributed by atoms with Crippen molar-refractivity contribution in [2.45, 2.75) is 148 Å². The van der Waals surface area contributed by atoms with Crippen LogP contribution >= 0.6 is 0 Å². The summed E-state index contributed by atoms with van der Waals surface area (Å²) in [6, 6.07) is 0. The van der Waals surface area contributed by atoms with Gasteiger partial charge in [-0.25, -0.2) is 0 Å². The van der Waals surface area contributed by atoms with E-state index in [9.17, 15) is 4.79 Å². The zero-order valence-corrected chi connectivity index (χ0v) is 21.0. The first-order valence-electron chi connectivity index (χ1n) is 13.6. The highest BCUT2D eigenvalue weighted by molar-refractivity contribution is 5.66. The largest absolute Gasteiger partial charge is 0.458 e. The maximum Gasteiger partial charge on any atom is 0.303 e. The van der Waals surface area contributed by atoms with E-state index in [1.807, 2.05) is 0 Å². The third kappa shape index (κ3) is 25.5. The van der Waals surface area contributed by atoms with Crippen LogP contribution in [0.3, 0.4) is 0 Å². The monoisotopic (exact) mass is 442 g/mol. The predicted molar refractivity (Wildman–Crippen MR) is 131 cm³/mol. The van der Waals surface area contributed by atoms with Crippen LogP contribution in [-0.2, 0) is 14.3 Å². The molecule has 1 atom stereocenters. The van der Waals surface area contributed by atoms with Crippen LogP contribution in [0.5, 0.6) is 0 Å². The summed E-state index contributed by atoms with van der Waals surface area (Å²) in [4.78, 5) is 10.8. The Morgan fingerprint density at radius 3 is 1.32 bits per heavy atom. The Morgan fingerprint density at radius 1 is 0.645 bits per heavy atom. The predicted octanol–water partition coefficient (Wildman–Crippen LogP) is 7.75. The molecule has 0 radical (unpaired) electrons. The van der Waals surface area contributed by atoms with Crippen molar-refractivity contribution in [1.82, 2.24) is 0 Å². The Bertz CT molecular complexity index is 359. The molecule has 0 spiro atoms. The first kappa shape index (κ1) is 30.4. The van der Waals surface area contributed by atoms with Gasteiger partial charge in [-0.3, -0.25) is 4.79 Å². The summed E-state index contributed by atoms with van der Waals surface area (Å²) in [7, 11) is 0. The Kier molecular flexibility index (Phi) is 25.1. The van der Waals surface area contributed by atoms with Crippen molar-refractivity contribution < 1.29 is 19.4 Å². The lowest BCUT2D eigenvalue weighted by Gasteiger charge is -2.14. The van der Waals surface area contributed by atoms with Gasteiger partial charge in [0.1, 0.15) is 6.10 Å². The fraction of sp³-hybridized carbons (Fsp3) is 0.963. The van der Waals surface area contributed by atoms with Gasteiger partial charge in [-0.1, -0.05) is 129 Å². The maximum atomic E-state index is 10.8. The van der Waals surface area contributed by atoms with Crippen molar-refractivity contribution in [3.8, 4) is 0 Å². The van der Waals surface area contributed by atoms with Gasteiger partial charge in [-0.15, -0.1) is 0 Å². The summed E-state index contributed by atoms with van der Waals surface area (Å²) in [6.07, 6.45) is 27.1. The highest BCUT2D eigenvalue weighted by Gasteiger charge is 2.10. The number of rotatable bonds is 25. The van der Waals surface area contributed by atoms with E-state index in [4.69, 9.17) is 14.6 Å². The molecule has 0 aromatic heterocycles. The van der Waals surface area contributed by atoms with Gasteiger partial charge in [0, 0.05) is 13.5 Å². The van der Waals surface area contributed by atoms with Crippen molar-refractivity contribution >= 4 is 5.97 Å². The van der Waals surface area contributed by atoms with Gasteiger partial charge < -0.3 is 14.6 Å². The molecule has 0 saturated carbocycles. The molecule has 0 fully saturated rings. The molecule has 0 aliphatic carbocycles. The molecule has 4 heteroatoms. The van der Waals surface area contributed by atoms with Gasteiger partial charge in [0.2, 0.25) is 0 Å². The lowest BCUT2D eigenvalue weighted by atomic mass is 10.0. The van der Waals surface area contributed by atoms with E-state index < -0.39 is 6.10 Å². The summed E-state index contributed by atoms with van der Waals surface area (Å²) in [5.74, 6) is -0.374. The fourth-order valence-electron chi connectivity index (χ4n) is 4.03. The van der Waals surface area contributed by atoms with Gasteiger partial charge >= 0.3 is 5.97 Å². The molecule has 4 nitrogen and oxygen atoms in total. The van der Waals surface area contributed by atoms with E-state index >= 15 is 0 Å². The summed E-state index contributed by atoms with van der Waals surface area (Å²) in [5, 5.41) is 9.09. The zero-order valence-electron chi connectivity index (χ0n) is 21.0. The van der Waals surface area contributed by atoms with Crippen molar-refractivity contribution in [2.75, 3.05) is 19.8 Å². The first-order valence-corrected chi connectivity index (χ1v) is 13.6. The van der Waals surface area contributed by atoms with Crippen molar-refractivity contribution in [3.63, 3.8) is 0 Å². The van der Waals surface area contributed by atoms with E-state index in [0.717, 1.165) is 6.42 Å². The molecule has 0 heterocycles. The Labute approximate surface area is 193 Å². The van der Waals surface area contributed by atoms with Crippen LogP contribution in [0.2, 0.25) is 0 Å². The molecule has 186 valence electrons. The van der Waals surface area contributed by atoms with Crippen LogP contribution < -0.4 is 0 Å². The molecule has 0 aliphatic heterocycles. The Hall–Kier alpha value is -0.610. The van der Waals surface area contributed by atoms with Crippen LogP contribution in [0, 0.1) is 0 Å². The lowest BCUT2D eigenvalue weighted by Crippen LogP contribution is -2.26. The van der Waals surface area contributed by atoms with Crippen molar-refractivity contribution in [3.05, 3.63) is 0 Å². The third-order valence-corrected chi connectivity index (χ3v) is 5.98. The van der Waals surface area contributed by atoms with E-state index in [2.05, 4.69) is 6.92 Å². The van der Waals surface area contributed by atoms with Crippen molar-refractivity contribution in [1.29, 1.82) is 0 Å². The van der Waals surface area contributed by atoms with E-state index in [-0.39, 0.29) is 19.2 Å². The minimum atomic E-state index is -0.525. The standard InChI is InChI=1S/C27H54O4/c1-3-4-5-6-7-8-9-10-11-12-13-14-15-16-17-18-19-20-21-22-23-30-25-27(24-28)31-26(2)29/h27-28H,3-25H2,1-2H3. The Morgan fingerprint density at radius 2 is 1.00 bits per heavy atom. The quantitative estimate of drug-likeness (QED) is 0.116. The summed E-state index contributed by atoms with van der Waals surface area (Å²) in [5.41, 5.74) is 0. The second kappa shape index (κ2) is 25.6. The molecule has 0 aliphatic rings. The highest BCUT2D eigenvalue weighted by Crippen LogP contribution is 2.14. The highest BCUT2D eigenvalue weighted by atomic mass is 16.6. The number of ether oxygens (including phenoxy) is 2. The summed E-state index contributed by atoms with van der Waals surface area (Å²) >= 11 is 0. The average Bonchev–Trinajstić information content (AvgIpc) is 2.76. The smallest absolute Gasteiger partial charge is 0.303 e. The minimum Gasteiger partial charge on any atom is -0.458 e. The van der Waals surface area contributed by atoms with E-state index in [1.54, 1.807) is 0 Å². The maximum absolute atomic E-state index is 10.8. The number of hydrogen-bond acceptors (Lipinski definition) is 4. The SMILES string of the molecule is CCCCCCCCCCCCCCCCCCCCCCOCC(CO)OC(C)=O. The van der Waals surface area contributed by atoms with Crippen LogP contribution in [-0.4, -0.2) is 37.0 Å². The van der Waals surface area contributed by atoms with E-state index in [1.165, 1.54) is 129 Å². The first-order chi connectivity index (χ1) is 15.2. The molecule has 0 aromatic rings. The number of unbranched alkanes of at least 4 members (excludes halogenated alkanes) is 19. The number of aliphatic hydroxyl groups is 1. The minimum absolute atomic E-state index is 0.182. The topological polar surface area (TPSA) is 55.8 Å². The molecule has 31 heavy (non-hydrogen) atoms. The molecule has 0 amide bonds.